The zero-order chi connectivity index (χ0) is 11.5. The lowest BCUT2D eigenvalue weighted by atomic mass is 10.3. The van der Waals surface area contributed by atoms with Crippen LogP contribution in [0.25, 0.3) is 0 Å². The third-order valence-corrected chi connectivity index (χ3v) is 2.20. The number of phenols is 1. The van der Waals surface area contributed by atoms with Crippen LogP contribution in [0.15, 0.2) is 42.5 Å². The average Bonchev–Trinajstić information content (AvgIpc) is 2.27. The molecule has 0 aliphatic rings. The second kappa shape index (κ2) is 4.41. The van der Waals surface area contributed by atoms with Crippen LogP contribution in [-0.4, -0.2) is 5.11 Å². The topological polar surface area (TPSA) is 29.5 Å². The minimum absolute atomic E-state index is 0.0197. The molecule has 2 rings (SSSR count). The quantitative estimate of drug-likeness (QED) is 0.858. The predicted octanol–water partition coefficient (Wildman–Crippen LogP) is 3.98. The summed E-state index contributed by atoms with van der Waals surface area (Å²) in [4.78, 5) is 0. The fraction of sp³-hybridized carbons (Fsp3) is 0. The average molecular weight is 239 g/mol. The van der Waals surface area contributed by atoms with Crippen LogP contribution in [-0.2, 0) is 0 Å². The monoisotopic (exact) mass is 238 g/mol. The van der Waals surface area contributed by atoms with Crippen molar-refractivity contribution < 1.29 is 14.2 Å². The first-order valence-electron chi connectivity index (χ1n) is 4.57. The number of hydrogen-bond acceptors (Lipinski definition) is 2. The molecule has 0 aliphatic heterocycles. The van der Waals surface area contributed by atoms with Crippen molar-refractivity contribution >= 4 is 11.6 Å². The van der Waals surface area contributed by atoms with Gasteiger partial charge in [0.05, 0.1) is 0 Å². The Kier molecular flexibility index (Phi) is 2.97. The summed E-state index contributed by atoms with van der Waals surface area (Å²) in [6, 6.07) is 9.95. The molecule has 0 heterocycles. The molecule has 2 aromatic rings. The standard InChI is InChI=1S/C12H8ClFO2/c13-8-1-6-11(15)12(7-8)16-10-4-2-9(14)3-5-10/h1-7,15H. The van der Waals surface area contributed by atoms with E-state index in [9.17, 15) is 9.50 Å². The fourth-order valence-electron chi connectivity index (χ4n) is 1.20. The maximum atomic E-state index is 12.6. The van der Waals surface area contributed by atoms with Crippen LogP contribution in [0.2, 0.25) is 5.02 Å². The Labute approximate surface area is 96.9 Å². The lowest BCUT2D eigenvalue weighted by Crippen LogP contribution is -1.85. The van der Waals surface area contributed by atoms with Gasteiger partial charge < -0.3 is 9.84 Å². The maximum Gasteiger partial charge on any atom is 0.170 e. The molecule has 0 aromatic heterocycles. The number of benzene rings is 2. The molecule has 0 aliphatic carbocycles. The zero-order valence-corrected chi connectivity index (χ0v) is 8.91. The van der Waals surface area contributed by atoms with E-state index in [1.54, 1.807) is 6.07 Å². The van der Waals surface area contributed by atoms with E-state index in [1.807, 2.05) is 0 Å². The summed E-state index contributed by atoms with van der Waals surface area (Å²) >= 11 is 5.76. The molecule has 82 valence electrons. The Morgan fingerprint density at radius 3 is 2.44 bits per heavy atom. The van der Waals surface area contributed by atoms with E-state index in [0.717, 1.165) is 0 Å². The van der Waals surface area contributed by atoms with Crippen molar-refractivity contribution in [3.8, 4) is 17.2 Å². The first-order chi connectivity index (χ1) is 7.65. The Morgan fingerprint density at radius 1 is 1.06 bits per heavy atom. The summed E-state index contributed by atoms with van der Waals surface area (Å²) in [6.07, 6.45) is 0. The molecule has 2 nitrogen and oxygen atoms in total. The van der Waals surface area contributed by atoms with Crippen molar-refractivity contribution in [2.45, 2.75) is 0 Å². The van der Waals surface area contributed by atoms with Crippen molar-refractivity contribution in [1.82, 2.24) is 0 Å². The first kappa shape index (κ1) is 10.8. The highest BCUT2D eigenvalue weighted by Gasteiger charge is 2.04. The van der Waals surface area contributed by atoms with Crippen molar-refractivity contribution in [2.75, 3.05) is 0 Å². The van der Waals surface area contributed by atoms with Gasteiger partial charge in [-0.25, -0.2) is 4.39 Å². The van der Waals surface area contributed by atoms with Crippen LogP contribution in [0.1, 0.15) is 0 Å². The van der Waals surface area contributed by atoms with Gasteiger partial charge in [0.2, 0.25) is 0 Å². The van der Waals surface area contributed by atoms with E-state index >= 15 is 0 Å². The van der Waals surface area contributed by atoms with E-state index < -0.39 is 0 Å². The molecule has 0 fully saturated rings. The largest absolute Gasteiger partial charge is 0.504 e. The van der Waals surface area contributed by atoms with Gasteiger partial charge >= 0.3 is 0 Å². The maximum absolute atomic E-state index is 12.6. The number of ether oxygens (including phenoxy) is 1. The zero-order valence-electron chi connectivity index (χ0n) is 8.15. The summed E-state index contributed by atoms with van der Waals surface area (Å²) in [5, 5.41) is 9.95. The first-order valence-corrected chi connectivity index (χ1v) is 4.95. The molecule has 0 bridgehead atoms. The molecule has 0 saturated carbocycles. The third kappa shape index (κ3) is 2.44. The van der Waals surface area contributed by atoms with E-state index in [4.69, 9.17) is 16.3 Å². The SMILES string of the molecule is Oc1ccc(Cl)cc1Oc1ccc(F)cc1. The molecule has 0 spiro atoms. The summed E-state index contributed by atoms with van der Waals surface area (Å²) < 4.78 is 18.0. The van der Waals surface area contributed by atoms with Crippen molar-refractivity contribution in [1.29, 1.82) is 0 Å². The highest BCUT2D eigenvalue weighted by atomic mass is 35.5. The van der Waals surface area contributed by atoms with Crippen LogP contribution in [0.3, 0.4) is 0 Å². The molecular weight excluding hydrogens is 231 g/mol. The van der Waals surface area contributed by atoms with Crippen LogP contribution < -0.4 is 4.74 Å². The minimum Gasteiger partial charge on any atom is -0.504 e. The smallest absolute Gasteiger partial charge is 0.170 e. The van der Waals surface area contributed by atoms with E-state index in [-0.39, 0.29) is 17.3 Å². The van der Waals surface area contributed by atoms with Gasteiger partial charge in [0, 0.05) is 11.1 Å². The summed E-state index contributed by atoms with van der Waals surface area (Å²) in [6.45, 7) is 0. The second-order valence-corrected chi connectivity index (χ2v) is 3.60. The summed E-state index contributed by atoms with van der Waals surface area (Å²) in [5.41, 5.74) is 0. The van der Waals surface area contributed by atoms with Gasteiger partial charge in [-0.2, -0.15) is 0 Å². The molecule has 0 atom stereocenters. The molecule has 2 aromatic carbocycles. The molecule has 0 saturated heterocycles. The minimum atomic E-state index is -0.345. The lowest BCUT2D eigenvalue weighted by molar-refractivity contribution is 0.411. The highest BCUT2D eigenvalue weighted by Crippen LogP contribution is 2.32. The van der Waals surface area contributed by atoms with Gasteiger partial charge in [0.25, 0.3) is 0 Å². The van der Waals surface area contributed by atoms with Gasteiger partial charge in [-0.05, 0) is 36.4 Å². The molecule has 1 N–H and O–H groups in total. The van der Waals surface area contributed by atoms with Crippen LogP contribution in [0, 0.1) is 5.82 Å². The normalized spacial score (nSPS) is 10.1. The van der Waals surface area contributed by atoms with Gasteiger partial charge in [-0.3, -0.25) is 0 Å². The molecule has 4 heteroatoms. The molecule has 16 heavy (non-hydrogen) atoms. The van der Waals surface area contributed by atoms with Crippen molar-refractivity contribution in [2.24, 2.45) is 0 Å². The Morgan fingerprint density at radius 2 is 1.75 bits per heavy atom. The fourth-order valence-corrected chi connectivity index (χ4v) is 1.36. The summed E-state index contributed by atoms with van der Waals surface area (Å²) in [5.74, 6) is 0.300. The predicted molar refractivity (Wildman–Crippen MR) is 59.6 cm³/mol. The molecular formula is C12H8ClFO2. The van der Waals surface area contributed by atoms with Crippen LogP contribution in [0.4, 0.5) is 4.39 Å². The van der Waals surface area contributed by atoms with Crippen LogP contribution in [0.5, 0.6) is 17.2 Å². The number of rotatable bonds is 2. The number of aromatic hydroxyl groups is 1. The Balaban J connectivity index is 2.26. The number of hydrogen-bond donors (Lipinski definition) is 1. The van der Waals surface area contributed by atoms with Gasteiger partial charge in [0.15, 0.2) is 11.5 Å². The van der Waals surface area contributed by atoms with E-state index in [1.165, 1.54) is 36.4 Å². The second-order valence-electron chi connectivity index (χ2n) is 3.17. The van der Waals surface area contributed by atoms with Gasteiger partial charge in [-0.1, -0.05) is 11.6 Å². The summed E-state index contributed by atoms with van der Waals surface area (Å²) in [7, 11) is 0. The van der Waals surface area contributed by atoms with Crippen molar-refractivity contribution in [3.63, 3.8) is 0 Å². The van der Waals surface area contributed by atoms with E-state index in [0.29, 0.717) is 10.8 Å². The Bertz CT molecular complexity index is 497. The van der Waals surface area contributed by atoms with E-state index in [2.05, 4.69) is 0 Å². The number of phenolic OH excluding ortho intramolecular Hbond substituents is 1. The van der Waals surface area contributed by atoms with Gasteiger partial charge in [0.1, 0.15) is 11.6 Å². The van der Waals surface area contributed by atoms with Crippen molar-refractivity contribution in [3.05, 3.63) is 53.3 Å². The Hall–Kier alpha value is -1.74. The molecule has 0 unspecified atom stereocenters. The lowest BCUT2D eigenvalue weighted by Gasteiger charge is -2.07. The number of halogens is 2. The third-order valence-electron chi connectivity index (χ3n) is 1.96. The van der Waals surface area contributed by atoms with Crippen LogP contribution >= 0.6 is 11.6 Å². The van der Waals surface area contributed by atoms with Gasteiger partial charge in [-0.15, -0.1) is 0 Å². The highest BCUT2D eigenvalue weighted by molar-refractivity contribution is 6.30. The molecule has 0 amide bonds. The molecule has 0 radical (unpaired) electrons.